The Morgan fingerprint density at radius 1 is 1.38 bits per heavy atom. The third-order valence-electron chi connectivity index (χ3n) is 2.32. The number of rotatable bonds is 4. The van der Waals surface area contributed by atoms with Crippen LogP contribution in [0.3, 0.4) is 0 Å². The van der Waals surface area contributed by atoms with Crippen LogP contribution in [0.4, 0.5) is 0 Å². The summed E-state index contributed by atoms with van der Waals surface area (Å²) in [6.07, 6.45) is 2.32. The molecule has 1 aromatic rings. The van der Waals surface area contributed by atoms with Crippen molar-refractivity contribution < 1.29 is 5.11 Å². The minimum absolute atomic E-state index is 0.155. The van der Waals surface area contributed by atoms with E-state index in [4.69, 9.17) is 0 Å². The number of hydrogen-bond donors (Lipinski definition) is 1. The Bertz CT molecular complexity index is 253. The van der Waals surface area contributed by atoms with Crippen molar-refractivity contribution in [3.8, 4) is 0 Å². The lowest BCUT2D eigenvalue weighted by Crippen LogP contribution is -2.08. The summed E-state index contributed by atoms with van der Waals surface area (Å²) in [5, 5.41) is 9.91. The van der Waals surface area contributed by atoms with Gasteiger partial charge in [-0.2, -0.15) is 0 Å². The van der Waals surface area contributed by atoms with E-state index in [9.17, 15) is 5.11 Å². The summed E-state index contributed by atoms with van der Waals surface area (Å²) in [6, 6.07) is 9.71. The van der Waals surface area contributed by atoms with Gasteiger partial charge in [-0.15, -0.1) is 6.58 Å². The van der Waals surface area contributed by atoms with Gasteiger partial charge in [0.1, 0.15) is 0 Å². The van der Waals surface area contributed by atoms with Crippen LogP contribution in [0, 0.1) is 5.92 Å². The molecule has 0 amide bonds. The lowest BCUT2D eigenvalue weighted by molar-refractivity contribution is 0.129. The first-order chi connectivity index (χ1) is 6.29. The van der Waals surface area contributed by atoms with E-state index in [1.165, 1.54) is 0 Å². The predicted molar refractivity (Wildman–Crippen MR) is 55.4 cm³/mol. The van der Waals surface area contributed by atoms with Gasteiger partial charge in [0, 0.05) is 5.92 Å². The number of hydrogen-bond acceptors (Lipinski definition) is 1. The highest BCUT2D eigenvalue weighted by atomic mass is 16.3. The molecule has 0 saturated heterocycles. The van der Waals surface area contributed by atoms with Gasteiger partial charge < -0.3 is 5.11 Å². The van der Waals surface area contributed by atoms with Crippen LogP contribution in [0.1, 0.15) is 25.0 Å². The fourth-order valence-corrected chi connectivity index (χ4v) is 1.42. The summed E-state index contributed by atoms with van der Waals surface area (Å²) in [5.41, 5.74) is 0.967. The van der Waals surface area contributed by atoms with E-state index in [1.807, 2.05) is 36.4 Å². The van der Waals surface area contributed by atoms with Crippen molar-refractivity contribution >= 4 is 0 Å². The van der Waals surface area contributed by atoms with Crippen molar-refractivity contribution in [3.05, 3.63) is 48.6 Å². The van der Waals surface area contributed by atoms with Gasteiger partial charge >= 0.3 is 0 Å². The molecule has 0 saturated carbocycles. The quantitative estimate of drug-likeness (QED) is 0.699. The van der Waals surface area contributed by atoms with E-state index in [0.717, 1.165) is 12.0 Å². The van der Waals surface area contributed by atoms with Crippen LogP contribution in [-0.4, -0.2) is 5.11 Å². The number of benzene rings is 1. The highest BCUT2D eigenvalue weighted by Crippen LogP contribution is 2.24. The zero-order valence-electron chi connectivity index (χ0n) is 7.98. The first kappa shape index (κ1) is 10.0. The fraction of sp³-hybridized carbons (Fsp3) is 0.333. The molecule has 1 aromatic carbocycles. The molecule has 0 spiro atoms. The molecular formula is C12H16O. The van der Waals surface area contributed by atoms with Crippen molar-refractivity contribution in [1.29, 1.82) is 0 Å². The summed E-state index contributed by atoms with van der Waals surface area (Å²) in [4.78, 5) is 0. The zero-order valence-corrected chi connectivity index (χ0v) is 7.98. The molecule has 1 nitrogen and oxygen atoms in total. The summed E-state index contributed by atoms with van der Waals surface area (Å²) >= 11 is 0. The summed E-state index contributed by atoms with van der Waals surface area (Å²) in [7, 11) is 0. The second kappa shape index (κ2) is 4.83. The molecule has 0 radical (unpaired) electrons. The molecule has 0 heterocycles. The largest absolute Gasteiger partial charge is 0.388 e. The van der Waals surface area contributed by atoms with E-state index in [0.29, 0.717) is 0 Å². The molecular weight excluding hydrogens is 160 g/mol. The van der Waals surface area contributed by atoms with E-state index >= 15 is 0 Å². The SMILES string of the molecule is C=C[C@@H](CC)[C@@H](O)c1ccccc1. The highest BCUT2D eigenvalue weighted by Gasteiger charge is 2.14. The van der Waals surface area contributed by atoms with E-state index < -0.39 is 6.10 Å². The highest BCUT2D eigenvalue weighted by molar-refractivity contribution is 5.18. The lowest BCUT2D eigenvalue weighted by Gasteiger charge is -2.17. The first-order valence-electron chi connectivity index (χ1n) is 4.65. The van der Waals surface area contributed by atoms with Gasteiger partial charge in [0.15, 0.2) is 0 Å². The standard InChI is InChI=1S/C12H16O/c1-3-10(4-2)12(13)11-8-6-5-7-9-11/h3,5-10,12-13H,1,4H2,2H3/t10-,12+/m0/s1. The van der Waals surface area contributed by atoms with E-state index in [-0.39, 0.29) is 5.92 Å². The van der Waals surface area contributed by atoms with Gasteiger partial charge in [0.05, 0.1) is 6.10 Å². The fourth-order valence-electron chi connectivity index (χ4n) is 1.42. The Morgan fingerprint density at radius 3 is 2.46 bits per heavy atom. The third kappa shape index (κ3) is 2.43. The van der Waals surface area contributed by atoms with Gasteiger partial charge in [0.25, 0.3) is 0 Å². The van der Waals surface area contributed by atoms with Crippen molar-refractivity contribution in [3.63, 3.8) is 0 Å². The number of aliphatic hydroxyl groups is 1. The van der Waals surface area contributed by atoms with E-state index in [2.05, 4.69) is 13.5 Å². The van der Waals surface area contributed by atoms with Crippen LogP contribution in [0.15, 0.2) is 43.0 Å². The van der Waals surface area contributed by atoms with Gasteiger partial charge in [-0.05, 0) is 12.0 Å². The monoisotopic (exact) mass is 176 g/mol. The van der Waals surface area contributed by atoms with Crippen molar-refractivity contribution in [1.82, 2.24) is 0 Å². The normalized spacial score (nSPS) is 14.9. The Kier molecular flexibility index (Phi) is 3.71. The average Bonchev–Trinajstić information content (AvgIpc) is 2.21. The molecule has 0 aliphatic heterocycles. The topological polar surface area (TPSA) is 20.2 Å². The molecule has 0 bridgehead atoms. The smallest absolute Gasteiger partial charge is 0.0852 e. The van der Waals surface area contributed by atoms with E-state index in [1.54, 1.807) is 0 Å². The van der Waals surface area contributed by atoms with Crippen LogP contribution < -0.4 is 0 Å². The van der Waals surface area contributed by atoms with Crippen LogP contribution in [0.2, 0.25) is 0 Å². The maximum atomic E-state index is 9.91. The Labute approximate surface area is 79.7 Å². The Balaban J connectivity index is 2.77. The molecule has 1 rings (SSSR count). The van der Waals surface area contributed by atoms with Gasteiger partial charge in [-0.25, -0.2) is 0 Å². The molecule has 13 heavy (non-hydrogen) atoms. The zero-order chi connectivity index (χ0) is 9.68. The second-order valence-electron chi connectivity index (χ2n) is 3.16. The molecule has 0 unspecified atom stereocenters. The Hall–Kier alpha value is -1.08. The van der Waals surface area contributed by atoms with Crippen molar-refractivity contribution in [2.75, 3.05) is 0 Å². The molecule has 0 aliphatic rings. The lowest BCUT2D eigenvalue weighted by atomic mass is 9.94. The maximum Gasteiger partial charge on any atom is 0.0852 e. The maximum absolute atomic E-state index is 9.91. The minimum atomic E-state index is -0.413. The minimum Gasteiger partial charge on any atom is -0.388 e. The molecule has 0 aromatic heterocycles. The van der Waals surface area contributed by atoms with Crippen LogP contribution in [-0.2, 0) is 0 Å². The second-order valence-corrected chi connectivity index (χ2v) is 3.16. The molecule has 0 fully saturated rings. The third-order valence-corrected chi connectivity index (χ3v) is 2.32. The van der Waals surface area contributed by atoms with Gasteiger partial charge in [-0.1, -0.05) is 43.3 Å². The summed E-state index contributed by atoms with van der Waals surface area (Å²) in [6.45, 7) is 5.77. The number of aliphatic hydroxyl groups excluding tert-OH is 1. The van der Waals surface area contributed by atoms with Crippen molar-refractivity contribution in [2.45, 2.75) is 19.4 Å². The first-order valence-corrected chi connectivity index (χ1v) is 4.65. The molecule has 70 valence electrons. The van der Waals surface area contributed by atoms with Crippen LogP contribution >= 0.6 is 0 Å². The molecule has 0 aliphatic carbocycles. The van der Waals surface area contributed by atoms with Crippen molar-refractivity contribution in [2.24, 2.45) is 5.92 Å². The predicted octanol–water partition coefficient (Wildman–Crippen LogP) is 2.93. The molecule has 1 N–H and O–H groups in total. The summed E-state index contributed by atoms with van der Waals surface area (Å²) in [5.74, 6) is 0.155. The van der Waals surface area contributed by atoms with Crippen LogP contribution in [0.5, 0.6) is 0 Å². The van der Waals surface area contributed by atoms with Crippen LogP contribution in [0.25, 0.3) is 0 Å². The molecule has 2 atom stereocenters. The average molecular weight is 176 g/mol. The Morgan fingerprint density at radius 2 is 2.00 bits per heavy atom. The van der Waals surface area contributed by atoms with Gasteiger partial charge in [0.2, 0.25) is 0 Å². The van der Waals surface area contributed by atoms with Gasteiger partial charge in [-0.3, -0.25) is 0 Å². The summed E-state index contributed by atoms with van der Waals surface area (Å²) < 4.78 is 0. The molecule has 1 heteroatoms.